The number of carbonyl (C=O) groups is 1. The minimum absolute atomic E-state index is 0.556. The number of fused-ring (bicyclic) bond motifs is 1. The SMILES string of the molecule is O=C(O)C#Cc1cnn2ccncc12. The molecule has 1 N–H and O–H groups in total. The summed E-state index contributed by atoms with van der Waals surface area (Å²) in [6.45, 7) is 0. The van der Waals surface area contributed by atoms with Gasteiger partial charge in [-0.05, 0) is 0 Å². The van der Waals surface area contributed by atoms with E-state index in [0.717, 1.165) is 0 Å². The zero-order valence-electron chi connectivity index (χ0n) is 7.01. The molecule has 0 atom stereocenters. The molecule has 68 valence electrons. The lowest BCUT2D eigenvalue weighted by Crippen LogP contribution is -1.88. The van der Waals surface area contributed by atoms with E-state index in [4.69, 9.17) is 5.11 Å². The number of aliphatic carboxylic acids is 1. The maximum Gasteiger partial charge on any atom is 0.382 e. The van der Waals surface area contributed by atoms with Gasteiger partial charge in [0.2, 0.25) is 0 Å². The predicted octanol–water partition coefficient (Wildman–Crippen LogP) is 0.165. The molecular weight excluding hydrogens is 182 g/mol. The molecule has 0 unspecified atom stereocenters. The molecule has 2 aromatic rings. The van der Waals surface area contributed by atoms with E-state index in [1.807, 2.05) is 5.92 Å². The van der Waals surface area contributed by atoms with Gasteiger partial charge in [-0.1, -0.05) is 5.92 Å². The van der Waals surface area contributed by atoms with Crippen LogP contribution in [-0.2, 0) is 4.79 Å². The summed E-state index contributed by atoms with van der Waals surface area (Å²) in [6, 6.07) is 0. The van der Waals surface area contributed by atoms with Crippen LogP contribution in [-0.4, -0.2) is 25.7 Å². The van der Waals surface area contributed by atoms with Crippen molar-refractivity contribution in [3.63, 3.8) is 0 Å². The van der Waals surface area contributed by atoms with Gasteiger partial charge in [0, 0.05) is 18.3 Å². The van der Waals surface area contributed by atoms with Crippen molar-refractivity contribution in [3.05, 3.63) is 30.4 Å². The highest BCUT2D eigenvalue weighted by Gasteiger charge is 1.99. The van der Waals surface area contributed by atoms with Crippen molar-refractivity contribution in [2.75, 3.05) is 0 Å². The summed E-state index contributed by atoms with van der Waals surface area (Å²) in [6.07, 6.45) is 6.35. The second kappa shape index (κ2) is 3.18. The summed E-state index contributed by atoms with van der Waals surface area (Å²) in [5.41, 5.74) is 1.25. The standard InChI is InChI=1S/C9H5N3O2/c13-9(14)2-1-7-5-11-12-4-3-10-6-8(7)12/h3-6H,(H,13,14). The van der Waals surface area contributed by atoms with Gasteiger partial charge in [0.25, 0.3) is 0 Å². The van der Waals surface area contributed by atoms with Gasteiger partial charge >= 0.3 is 5.97 Å². The van der Waals surface area contributed by atoms with Gasteiger partial charge in [-0.2, -0.15) is 5.10 Å². The Morgan fingerprint density at radius 1 is 1.50 bits per heavy atom. The van der Waals surface area contributed by atoms with E-state index < -0.39 is 5.97 Å². The van der Waals surface area contributed by atoms with Crippen molar-refractivity contribution in [2.45, 2.75) is 0 Å². The first-order chi connectivity index (χ1) is 6.77. The molecular formula is C9H5N3O2. The average molecular weight is 187 g/mol. The number of hydrogen-bond donors (Lipinski definition) is 1. The topological polar surface area (TPSA) is 67.5 Å². The van der Waals surface area contributed by atoms with E-state index in [-0.39, 0.29) is 0 Å². The van der Waals surface area contributed by atoms with Gasteiger partial charge in [-0.3, -0.25) is 4.98 Å². The minimum Gasteiger partial charge on any atom is -0.472 e. The number of carboxylic acid groups (broad SMARTS) is 1. The summed E-state index contributed by atoms with van der Waals surface area (Å²) >= 11 is 0. The van der Waals surface area contributed by atoms with Crippen molar-refractivity contribution in [3.8, 4) is 11.8 Å². The van der Waals surface area contributed by atoms with Crippen LogP contribution < -0.4 is 0 Å². The lowest BCUT2D eigenvalue weighted by Gasteiger charge is -1.88. The molecule has 0 saturated carbocycles. The molecule has 0 radical (unpaired) electrons. The van der Waals surface area contributed by atoms with Crippen LogP contribution in [0.15, 0.2) is 24.8 Å². The highest BCUT2D eigenvalue weighted by Crippen LogP contribution is 2.05. The maximum atomic E-state index is 10.2. The number of hydrogen-bond acceptors (Lipinski definition) is 3. The highest BCUT2D eigenvalue weighted by molar-refractivity contribution is 5.87. The third-order valence-corrected chi connectivity index (χ3v) is 1.63. The zero-order valence-corrected chi connectivity index (χ0v) is 7.01. The Balaban J connectivity index is 2.55. The molecule has 0 aliphatic carbocycles. The Hall–Kier alpha value is -2.35. The molecule has 0 amide bonds. The summed E-state index contributed by atoms with van der Waals surface area (Å²) < 4.78 is 1.58. The Kier molecular flexibility index (Phi) is 1.88. The van der Waals surface area contributed by atoms with Crippen LogP contribution in [0.1, 0.15) is 5.56 Å². The van der Waals surface area contributed by atoms with Gasteiger partial charge in [0.15, 0.2) is 0 Å². The molecule has 2 aromatic heterocycles. The summed E-state index contributed by atoms with van der Waals surface area (Å²) in [7, 11) is 0. The summed E-state index contributed by atoms with van der Waals surface area (Å²) in [5.74, 6) is 3.36. The summed E-state index contributed by atoms with van der Waals surface area (Å²) in [4.78, 5) is 14.1. The maximum absolute atomic E-state index is 10.2. The first-order valence-corrected chi connectivity index (χ1v) is 3.79. The lowest BCUT2D eigenvalue weighted by atomic mass is 10.3. The third kappa shape index (κ3) is 1.41. The van der Waals surface area contributed by atoms with Crippen LogP contribution >= 0.6 is 0 Å². The number of nitrogens with zero attached hydrogens (tertiary/aromatic N) is 3. The van der Waals surface area contributed by atoms with Crippen LogP contribution in [0.25, 0.3) is 5.52 Å². The Morgan fingerprint density at radius 2 is 2.36 bits per heavy atom. The average Bonchev–Trinajstić information content (AvgIpc) is 2.58. The van der Waals surface area contributed by atoms with E-state index in [1.165, 1.54) is 6.20 Å². The van der Waals surface area contributed by atoms with Gasteiger partial charge in [0.05, 0.1) is 18.0 Å². The highest BCUT2D eigenvalue weighted by atomic mass is 16.4. The number of aromatic nitrogens is 3. The fourth-order valence-corrected chi connectivity index (χ4v) is 1.05. The second-order valence-electron chi connectivity index (χ2n) is 2.52. The van der Waals surface area contributed by atoms with Crippen molar-refractivity contribution in [1.82, 2.24) is 14.6 Å². The van der Waals surface area contributed by atoms with Gasteiger partial charge in [-0.25, -0.2) is 9.31 Å². The van der Waals surface area contributed by atoms with E-state index in [2.05, 4.69) is 16.0 Å². The van der Waals surface area contributed by atoms with E-state index >= 15 is 0 Å². The molecule has 0 aliphatic rings. The van der Waals surface area contributed by atoms with Crippen LogP contribution in [0.3, 0.4) is 0 Å². The first kappa shape index (κ1) is 8.26. The van der Waals surface area contributed by atoms with Gasteiger partial charge < -0.3 is 5.11 Å². The Bertz CT molecular complexity index is 548. The zero-order chi connectivity index (χ0) is 9.97. The van der Waals surface area contributed by atoms with Crippen LogP contribution in [0.4, 0.5) is 0 Å². The van der Waals surface area contributed by atoms with Crippen molar-refractivity contribution >= 4 is 11.5 Å². The van der Waals surface area contributed by atoms with Crippen LogP contribution in [0.5, 0.6) is 0 Å². The predicted molar refractivity (Wildman–Crippen MR) is 47.5 cm³/mol. The molecule has 2 heterocycles. The molecule has 5 heteroatoms. The van der Waals surface area contributed by atoms with E-state index in [1.54, 1.807) is 23.1 Å². The number of rotatable bonds is 0. The van der Waals surface area contributed by atoms with E-state index in [0.29, 0.717) is 11.1 Å². The fourth-order valence-electron chi connectivity index (χ4n) is 1.05. The normalized spacial score (nSPS) is 9.43. The number of carboxylic acids is 1. The fraction of sp³-hybridized carbons (Fsp3) is 0. The summed E-state index contributed by atoms with van der Waals surface area (Å²) in [5, 5.41) is 12.3. The largest absolute Gasteiger partial charge is 0.472 e. The molecule has 0 aliphatic heterocycles. The van der Waals surface area contributed by atoms with E-state index in [9.17, 15) is 4.79 Å². The molecule has 0 aromatic carbocycles. The Morgan fingerprint density at radius 3 is 3.14 bits per heavy atom. The van der Waals surface area contributed by atoms with Crippen LogP contribution in [0, 0.1) is 11.8 Å². The minimum atomic E-state index is -1.16. The lowest BCUT2D eigenvalue weighted by molar-refractivity contribution is -0.130. The van der Waals surface area contributed by atoms with Crippen molar-refractivity contribution in [2.24, 2.45) is 0 Å². The van der Waals surface area contributed by atoms with Crippen molar-refractivity contribution < 1.29 is 9.90 Å². The smallest absolute Gasteiger partial charge is 0.382 e. The second-order valence-corrected chi connectivity index (χ2v) is 2.52. The molecule has 0 spiro atoms. The molecule has 14 heavy (non-hydrogen) atoms. The van der Waals surface area contributed by atoms with Gasteiger partial charge in [-0.15, -0.1) is 0 Å². The monoisotopic (exact) mass is 187 g/mol. The quantitative estimate of drug-likeness (QED) is 0.597. The molecule has 0 bridgehead atoms. The van der Waals surface area contributed by atoms with Crippen molar-refractivity contribution in [1.29, 1.82) is 0 Å². The van der Waals surface area contributed by atoms with Gasteiger partial charge in [0.1, 0.15) is 5.52 Å². The molecule has 2 rings (SSSR count). The Labute approximate surface area is 79.0 Å². The molecule has 5 nitrogen and oxygen atoms in total. The first-order valence-electron chi connectivity index (χ1n) is 3.79. The van der Waals surface area contributed by atoms with Crippen LogP contribution in [0.2, 0.25) is 0 Å². The molecule has 0 fully saturated rings. The third-order valence-electron chi connectivity index (χ3n) is 1.63. The molecule has 0 saturated heterocycles.